The molecule has 1 nitrogen and oxygen atoms in total. The zero-order chi connectivity index (χ0) is 28.5. The number of hydrogen-bond donors (Lipinski definition) is 0. The van der Waals surface area contributed by atoms with Gasteiger partial charge in [0.1, 0.15) is 0 Å². The minimum atomic E-state index is 0.524. The van der Waals surface area contributed by atoms with Gasteiger partial charge in [0, 0.05) is 0 Å². The summed E-state index contributed by atoms with van der Waals surface area (Å²) in [5, 5.41) is 0. The van der Waals surface area contributed by atoms with Crippen molar-refractivity contribution in [2.24, 2.45) is 0 Å². The summed E-state index contributed by atoms with van der Waals surface area (Å²) >= 11 is 0. The van der Waals surface area contributed by atoms with Crippen LogP contribution in [0.4, 0.5) is 0 Å². The highest BCUT2D eigenvalue weighted by molar-refractivity contribution is 4.67. The van der Waals surface area contributed by atoms with E-state index in [1.165, 1.54) is 205 Å². The maximum atomic E-state index is 7.03. The third-order valence-corrected chi connectivity index (χ3v) is 8.90. The monoisotopic (exact) mass is 551 g/mol. The van der Waals surface area contributed by atoms with E-state index < -0.39 is 0 Å². The summed E-state index contributed by atoms with van der Waals surface area (Å²) in [5.74, 6) is 0. The fourth-order valence-electron chi connectivity index (χ4n) is 6.15. The molecule has 39 heavy (non-hydrogen) atoms. The minimum absolute atomic E-state index is 0.524. The molecule has 0 aromatic heterocycles. The maximum absolute atomic E-state index is 7.03. The van der Waals surface area contributed by atoms with E-state index in [0.29, 0.717) is 12.2 Å². The number of rotatable bonds is 34. The van der Waals surface area contributed by atoms with E-state index in [0.717, 1.165) is 0 Å². The van der Waals surface area contributed by atoms with Crippen LogP contribution in [0.15, 0.2) is 0 Å². The van der Waals surface area contributed by atoms with E-state index >= 15 is 0 Å². The largest absolute Gasteiger partial charge is 0.375 e. The lowest BCUT2D eigenvalue weighted by molar-refractivity contribution is -0.0324. The lowest BCUT2D eigenvalue weighted by atomic mass is 9.99. The van der Waals surface area contributed by atoms with Gasteiger partial charge in [-0.1, -0.05) is 207 Å². The van der Waals surface area contributed by atoms with Crippen molar-refractivity contribution in [3.8, 4) is 0 Å². The molecular formula is C38H78O. The predicted octanol–water partition coefficient (Wildman–Crippen LogP) is 14.3. The third kappa shape index (κ3) is 30.7. The van der Waals surface area contributed by atoms with E-state index in [4.69, 9.17) is 4.74 Å². The van der Waals surface area contributed by atoms with E-state index in [-0.39, 0.29) is 0 Å². The van der Waals surface area contributed by atoms with Crippen molar-refractivity contribution in [3.63, 3.8) is 0 Å². The summed E-state index contributed by atoms with van der Waals surface area (Å²) in [5.41, 5.74) is 0. The second kappa shape index (κ2) is 34.2. The van der Waals surface area contributed by atoms with Gasteiger partial charge in [-0.25, -0.2) is 0 Å². The minimum Gasteiger partial charge on any atom is -0.375 e. The van der Waals surface area contributed by atoms with Gasteiger partial charge in [0.05, 0.1) is 12.2 Å². The highest BCUT2D eigenvalue weighted by atomic mass is 16.5. The van der Waals surface area contributed by atoms with E-state index in [1.54, 1.807) is 0 Å². The van der Waals surface area contributed by atoms with Crippen molar-refractivity contribution in [1.82, 2.24) is 0 Å². The first kappa shape index (κ1) is 39.0. The summed E-state index contributed by atoms with van der Waals surface area (Å²) in [4.78, 5) is 0. The summed E-state index contributed by atoms with van der Waals surface area (Å²) in [6.45, 7) is 9.28. The Balaban J connectivity index is 4.63. The number of unbranched alkanes of at least 4 members (excludes halogenated alkanes) is 24. The molecule has 0 radical (unpaired) electrons. The first-order valence-corrected chi connectivity index (χ1v) is 18.9. The Morgan fingerprint density at radius 3 is 0.641 bits per heavy atom. The van der Waals surface area contributed by atoms with E-state index in [1.807, 2.05) is 0 Å². The van der Waals surface area contributed by atoms with Gasteiger partial charge in [-0.2, -0.15) is 0 Å². The van der Waals surface area contributed by atoms with Gasteiger partial charge >= 0.3 is 0 Å². The molecule has 0 aliphatic heterocycles. The van der Waals surface area contributed by atoms with Crippen molar-refractivity contribution in [1.29, 1.82) is 0 Å². The van der Waals surface area contributed by atoms with Crippen molar-refractivity contribution in [2.45, 2.75) is 245 Å². The molecule has 0 heterocycles. The molecule has 0 N–H and O–H groups in total. The zero-order valence-electron chi connectivity index (χ0n) is 28.2. The number of hydrogen-bond acceptors (Lipinski definition) is 1. The Labute approximate surface area is 249 Å². The lowest BCUT2D eigenvalue weighted by Gasteiger charge is -2.26. The Morgan fingerprint density at radius 1 is 0.256 bits per heavy atom. The molecule has 0 aliphatic carbocycles. The van der Waals surface area contributed by atoms with Crippen LogP contribution in [0.1, 0.15) is 233 Å². The molecule has 0 amide bonds. The fraction of sp³-hybridized carbons (Fsp3) is 1.00. The normalized spacial score (nSPS) is 11.8. The predicted molar refractivity (Wildman–Crippen MR) is 179 cm³/mol. The smallest absolute Gasteiger partial charge is 0.0578 e. The number of ether oxygens (including phenoxy) is 1. The van der Waals surface area contributed by atoms with Crippen LogP contribution in [0.3, 0.4) is 0 Å². The SMILES string of the molecule is CCCCCCCCCC(CCCCCCCCC)OC(CCCCCCCCC)CCCCCCCCC. The van der Waals surface area contributed by atoms with Crippen LogP contribution in [0.2, 0.25) is 0 Å². The topological polar surface area (TPSA) is 9.23 Å². The molecule has 0 aliphatic rings. The maximum Gasteiger partial charge on any atom is 0.0578 e. The van der Waals surface area contributed by atoms with Gasteiger partial charge in [-0.3, -0.25) is 0 Å². The molecule has 0 saturated carbocycles. The van der Waals surface area contributed by atoms with Crippen LogP contribution in [-0.2, 0) is 4.74 Å². The first-order chi connectivity index (χ1) is 19.3. The molecule has 0 fully saturated rings. The molecule has 0 saturated heterocycles. The first-order valence-electron chi connectivity index (χ1n) is 18.9. The molecule has 0 aromatic rings. The molecule has 1 heteroatoms. The van der Waals surface area contributed by atoms with Crippen LogP contribution >= 0.6 is 0 Å². The van der Waals surface area contributed by atoms with Gasteiger partial charge in [-0.15, -0.1) is 0 Å². The van der Waals surface area contributed by atoms with Crippen molar-refractivity contribution in [2.75, 3.05) is 0 Å². The summed E-state index contributed by atoms with van der Waals surface area (Å²) in [6, 6.07) is 0. The van der Waals surface area contributed by atoms with E-state index in [9.17, 15) is 0 Å². The molecule has 0 rings (SSSR count). The van der Waals surface area contributed by atoms with Gasteiger partial charge < -0.3 is 4.74 Å². The van der Waals surface area contributed by atoms with E-state index in [2.05, 4.69) is 27.7 Å². The molecule has 236 valence electrons. The van der Waals surface area contributed by atoms with Gasteiger partial charge in [0.25, 0.3) is 0 Å². The third-order valence-electron chi connectivity index (χ3n) is 8.90. The Hall–Kier alpha value is -0.0400. The summed E-state index contributed by atoms with van der Waals surface area (Å²) in [6.07, 6.45) is 45.9. The van der Waals surface area contributed by atoms with Crippen LogP contribution in [-0.4, -0.2) is 12.2 Å². The second-order valence-electron chi connectivity index (χ2n) is 13.0. The standard InChI is InChI=1S/C38H78O/c1-5-9-13-17-21-25-29-33-37(34-30-26-22-18-14-10-6-2)39-38(35-31-27-23-19-15-11-7-3)36-32-28-24-20-16-12-8-4/h37-38H,5-36H2,1-4H3. The fourth-order valence-corrected chi connectivity index (χ4v) is 6.15. The molecule has 0 aromatic carbocycles. The van der Waals surface area contributed by atoms with Crippen LogP contribution in [0.25, 0.3) is 0 Å². The van der Waals surface area contributed by atoms with Crippen LogP contribution < -0.4 is 0 Å². The Kier molecular flexibility index (Phi) is 34.1. The van der Waals surface area contributed by atoms with Crippen LogP contribution in [0.5, 0.6) is 0 Å². The van der Waals surface area contributed by atoms with Gasteiger partial charge in [0.15, 0.2) is 0 Å². The molecular weight excluding hydrogens is 472 g/mol. The average Bonchev–Trinajstić information content (AvgIpc) is 2.94. The van der Waals surface area contributed by atoms with Crippen molar-refractivity contribution < 1.29 is 4.74 Å². The van der Waals surface area contributed by atoms with Gasteiger partial charge in [-0.05, 0) is 25.7 Å². The van der Waals surface area contributed by atoms with Crippen molar-refractivity contribution in [3.05, 3.63) is 0 Å². The molecule has 0 atom stereocenters. The quantitative estimate of drug-likeness (QED) is 0.0724. The average molecular weight is 551 g/mol. The van der Waals surface area contributed by atoms with Gasteiger partial charge in [0.2, 0.25) is 0 Å². The molecule has 0 bridgehead atoms. The summed E-state index contributed by atoms with van der Waals surface area (Å²) in [7, 11) is 0. The Bertz CT molecular complexity index is 345. The Morgan fingerprint density at radius 2 is 0.436 bits per heavy atom. The highest BCUT2D eigenvalue weighted by Gasteiger charge is 2.17. The summed E-state index contributed by atoms with van der Waals surface area (Å²) < 4.78 is 7.03. The zero-order valence-corrected chi connectivity index (χ0v) is 28.2. The highest BCUT2D eigenvalue weighted by Crippen LogP contribution is 2.23. The van der Waals surface area contributed by atoms with Crippen LogP contribution in [0, 0.1) is 0 Å². The lowest BCUT2D eigenvalue weighted by Crippen LogP contribution is -2.23. The second-order valence-corrected chi connectivity index (χ2v) is 13.0. The molecule has 0 unspecified atom stereocenters. The van der Waals surface area contributed by atoms with Crippen molar-refractivity contribution >= 4 is 0 Å². The molecule has 0 spiro atoms.